The van der Waals surface area contributed by atoms with Gasteiger partial charge in [-0.2, -0.15) is 0 Å². The van der Waals surface area contributed by atoms with Crippen molar-refractivity contribution in [3.63, 3.8) is 0 Å². The minimum absolute atomic E-state index is 0.00338. The monoisotopic (exact) mass is 280 g/mol. The first kappa shape index (κ1) is 12.9. The van der Waals surface area contributed by atoms with Crippen LogP contribution in [0.2, 0.25) is 0 Å². The summed E-state index contributed by atoms with van der Waals surface area (Å²) in [6.45, 7) is 6.45. The highest BCUT2D eigenvalue weighted by Crippen LogP contribution is 2.29. The van der Waals surface area contributed by atoms with Crippen molar-refractivity contribution in [1.29, 1.82) is 0 Å². The third-order valence-electron chi connectivity index (χ3n) is 3.82. The Morgan fingerprint density at radius 3 is 2.89 bits per heavy atom. The fraction of sp³-hybridized carbons (Fsp3) is 0.692. The minimum atomic E-state index is 0.00338. The number of carbonyl (C=O) groups excluding carboxylic acids is 1. The van der Waals surface area contributed by atoms with E-state index in [4.69, 9.17) is 0 Å². The number of rotatable bonds is 2. The highest BCUT2D eigenvalue weighted by Gasteiger charge is 2.35. The van der Waals surface area contributed by atoms with Crippen LogP contribution in [-0.4, -0.2) is 54.6 Å². The van der Waals surface area contributed by atoms with E-state index in [-0.39, 0.29) is 11.9 Å². The van der Waals surface area contributed by atoms with Crippen molar-refractivity contribution in [2.45, 2.75) is 25.8 Å². The van der Waals surface area contributed by atoms with Crippen LogP contribution in [-0.2, 0) is 4.79 Å². The fourth-order valence-electron chi connectivity index (χ4n) is 2.82. The molecule has 1 N–H and O–H groups in total. The average Bonchev–Trinajstić information content (AvgIpc) is 3.07. The number of carbonyl (C=O) groups is 1. The second-order valence-electron chi connectivity index (χ2n) is 5.20. The summed E-state index contributed by atoms with van der Waals surface area (Å²) in [4.78, 5) is 21.4. The van der Waals surface area contributed by atoms with E-state index in [1.54, 1.807) is 11.3 Å². The highest BCUT2D eigenvalue weighted by molar-refractivity contribution is 7.13. The van der Waals surface area contributed by atoms with E-state index in [9.17, 15) is 4.79 Å². The van der Waals surface area contributed by atoms with E-state index in [0.717, 1.165) is 56.4 Å². The van der Waals surface area contributed by atoms with E-state index >= 15 is 0 Å². The van der Waals surface area contributed by atoms with Crippen molar-refractivity contribution in [3.05, 3.63) is 11.1 Å². The largest absolute Gasteiger partial charge is 0.338 e. The Morgan fingerprint density at radius 2 is 2.21 bits per heavy atom. The maximum Gasteiger partial charge on any atom is 0.245 e. The summed E-state index contributed by atoms with van der Waals surface area (Å²) in [6.07, 6.45) is 2.04. The Balaban J connectivity index is 1.73. The smallest absolute Gasteiger partial charge is 0.245 e. The zero-order valence-electron chi connectivity index (χ0n) is 11.3. The molecule has 0 aromatic carbocycles. The number of anilines is 1. The van der Waals surface area contributed by atoms with Gasteiger partial charge >= 0.3 is 0 Å². The Bertz CT molecular complexity index is 455. The molecule has 0 spiro atoms. The molecule has 1 aromatic heterocycles. The van der Waals surface area contributed by atoms with Crippen molar-refractivity contribution in [2.24, 2.45) is 0 Å². The molecule has 6 heteroatoms. The molecular weight excluding hydrogens is 260 g/mol. The van der Waals surface area contributed by atoms with Gasteiger partial charge in [0.25, 0.3) is 0 Å². The van der Waals surface area contributed by atoms with Crippen LogP contribution >= 0.6 is 11.3 Å². The molecule has 1 aromatic rings. The second-order valence-corrected chi connectivity index (χ2v) is 6.03. The molecule has 1 amide bonds. The van der Waals surface area contributed by atoms with Crippen LogP contribution in [0.1, 0.15) is 18.5 Å². The molecule has 5 nitrogen and oxygen atoms in total. The first-order chi connectivity index (χ1) is 9.25. The SMILES string of the molecule is Cc1csc(N2CCCC2C(=O)N2CCNCC2)n1. The van der Waals surface area contributed by atoms with Crippen molar-refractivity contribution in [1.82, 2.24) is 15.2 Å². The van der Waals surface area contributed by atoms with E-state index < -0.39 is 0 Å². The summed E-state index contributed by atoms with van der Waals surface area (Å²) in [5.41, 5.74) is 1.04. The molecule has 2 aliphatic heterocycles. The lowest BCUT2D eigenvalue weighted by atomic mass is 10.2. The van der Waals surface area contributed by atoms with Gasteiger partial charge in [-0.3, -0.25) is 4.79 Å². The number of thiazole rings is 1. The van der Waals surface area contributed by atoms with E-state index in [1.165, 1.54) is 0 Å². The zero-order valence-corrected chi connectivity index (χ0v) is 12.1. The molecule has 2 saturated heterocycles. The maximum absolute atomic E-state index is 12.6. The summed E-state index contributed by atoms with van der Waals surface area (Å²) in [5, 5.41) is 6.35. The Hall–Kier alpha value is -1.14. The van der Waals surface area contributed by atoms with Gasteiger partial charge in [0.1, 0.15) is 6.04 Å². The van der Waals surface area contributed by atoms with Gasteiger partial charge in [-0.05, 0) is 19.8 Å². The van der Waals surface area contributed by atoms with Crippen LogP contribution in [0.25, 0.3) is 0 Å². The number of hydrogen-bond acceptors (Lipinski definition) is 5. The normalized spacial score (nSPS) is 23.9. The highest BCUT2D eigenvalue weighted by atomic mass is 32.1. The van der Waals surface area contributed by atoms with Gasteiger partial charge in [-0.1, -0.05) is 0 Å². The molecule has 2 aliphatic rings. The van der Waals surface area contributed by atoms with Crippen LogP contribution in [0.3, 0.4) is 0 Å². The molecular formula is C13H20N4OS. The lowest BCUT2D eigenvalue weighted by Crippen LogP contribution is -2.52. The number of piperazine rings is 1. The summed E-state index contributed by atoms with van der Waals surface area (Å²) in [5.74, 6) is 0.284. The summed E-state index contributed by atoms with van der Waals surface area (Å²) in [7, 11) is 0. The van der Waals surface area contributed by atoms with Gasteiger partial charge in [0, 0.05) is 38.1 Å². The lowest BCUT2D eigenvalue weighted by Gasteiger charge is -2.32. The van der Waals surface area contributed by atoms with Gasteiger partial charge in [0.05, 0.1) is 5.69 Å². The van der Waals surface area contributed by atoms with Crippen LogP contribution in [0.15, 0.2) is 5.38 Å². The number of nitrogens with zero attached hydrogens (tertiary/aromatic N) is 3. The van der Waals surface area contributed by atoms with Gasteiger partial charge in [-0.15, -0.1) is 11.3 Å². The summed E-state index contributed by atoms with van der Waals surface area (Å²) in [6, 6.07) is 0.00338. The van der Waals surface area contributed by atoms with Crippen LogP contribution in [0.5, 0.6) is 0 Å². The van der Waals surface area contributed by atoms with Crippen LogP contribution in [0, 0.1) is 6.92 Å². The molecule has 0 bridgehead atoms. The molecule has 0 saturated carbocycles. The predicted octanol–water partition coefficient (Wildman–Crippen LogP) is 0.852. The standard InChI is InChI=1S/C13H20N4OS/c1-10-9-19-13(15-10)17-6-2-3-11(17)12(18)16-7-4-14-5-8-16/h9,11,14H,2-8H2,1H3. The predicted molar refractivity (Wildman–Crippen MR) is 76.7 cm³/mol. The first-order valence-corrected chi connectivity index (χ1v) is 7.82. The third kappa shape index (κ3) is 2.60. The zero-order chi connectivity index (χ0) is 13.2. The van der Waals surface area contributed by atoms with E-state index in [2.05, 4.69) is 20.6 Å². The summed E-state index contributed by atoms with van der Waals surface area (Å²) < 4.78 is 0. The van der Waals surface area contributed by atoms with Crippen molar-refractivity contribution >= 4 is 22.4 Å². The van der Waals surface area contributed by atoms with Gasteiger partial charge in [0.15, 0.2) is 5.13 Å². The number of hydrogen-bond donors (Lipinski definition) is 1. The maximum atomic E-state index is 12.6. The third-order valence-corrected chi connectivity index (χ3v) is 4.81. The molecule has 19 heavy (non-hydrogen) atoms. The number of nitrogens with one attached hydrogen (secondary N) is 1. The van der Waals surface area contributed by atoms with Crippen LogP contribution < -0.4 is 10.2 Å². The molecule has 1 unspecified atom stereocenters. The van der Waals surface area contributed by atoms with Gasteiger partial charge in [0.2, 0.25) is 5.91 Å². The van der Waals surface area contributed by atoms with E-state index in [0.29, 0.717) is 0 Å². The Labute approximate surface area is 117 Å². The van der Waals surface area contributed by atoms with Gasteiger partial charge in [-0.25, -0.2) is 4.98 Å². The number of aromatic nitrogens is 1. The van der Waals surface area contributed by atoms with Crippen molar-refractivity contribution < 1.29 is 4.79 Å². The molecule has 1 atom stereocenters. The molecule has 104 valence electrons. The minimum Gasteiger partial charge on any atom is -0.338 e. The average molecular weight is 280 g/mol. The lowest BCUT2D eigenvalue weighted by molar-refractivity contribution is -0.132. The fourth-order valence-corrected chi connectivity index (χ4v) is 3.70. The summed E-state index contributed by atoms with van der Waals surface area (Å²) >= 11 is 1.65. The van der Waals surface area contributed by atoms with Crippen LogP contribution in [0.4, 0.5) is 5.13 Å². The topological polar surface area (TPSA) is 48.5 Å². The molecule has 0 aliphatic carbocycles. The van der Waals surface area contributed by atoms with Gasteiger partial charge < -0.3 is 15.1 Å². The quantitative estimate of drug-likeness (QED) is 0.872. The Morgan fingerprint density at radius 1 is 1.42 bits per heavy atom. The molecule has 3 rings (SSSR count). The second kappa shape index (κ2) is 5.46. The molecule has 2 fully saturated rings. The number of amides is 1. The van der Waals surface area contributed by atoms with Crippen molar-refractivity contribution in [2.75, 3.05) is 37.6 Å². The number of aryl methyl sites for hydroxylation is 1. The van der Waals surface area contributed by atoms with Crippen molar-refractivity contribution in [3.8, 4) is 0 Å². The molecule has 0 radical (unpaired) electrons. The Kier molecular flexibility index (Phi) is 3.70. The molecule has 3 heterocycles. The first-order valence-electron chi connectivity index (χ1n) is 6.94. The van der Waals surface area contributed by atoms with E-state index in [1.807, 2.05) is 11.8 Å².